The second-order valence-corrected chi connectivity index (χ2v) is 9.57. The Bertz CT molecular complexity index is 1060. The first-order chi connectivity index (χ1) is 15.7. The van der Waals surface area contributed by atoms with Crippen LogP contribution in [0.2, 0.25) is 0 Å². The lowest BCUT2D eigenvalue weighted by atomic mass is 10.1. The quantitative estimate of drug-likeness (QED) is 0.545. The molecule has 0 bridgehead atoms. The van der Waals surface area contributed by atoms with Gasteiger partial charge in [0.2, 0.25) is 0 Å². The summed E-state index contributed by atoms with van der Waals surface area (Å²) in [6, 6.07) is 16.4. The molecule has 2 aromatic carbocycles. The summed E-state index contributed by atoms with van der Waals surface area (Å²) in [4.78, 5) is 18.8. The summed E-state index contributed by atoms with van der Waals surface area (Å²) in [6.07, 6.45) is 3.02. The fourth-order valence-corrected chi connectivity index (χ4v) is 5.79. The van der Waals surface area contributed by atoms with Crippen LogP contribution in [0, 0.1) is 0 Å². The number of piperazine rings is 1. The van der Waals surface area contributed by atoms with E-state index in [-0.39, 0.29) is 6.03 Å². The van der Waals surface area contributed by atoms with Gasteiger partial charge in [0.1, 0.15) is 10.8 Å². The normalized spacial score (nSPS) is 16.2. The van der Waals surface area contributed by atoms with Gasteiger partial charge >= 0.3 is 6.03 Å². The first-order valence-electron chi connectivity index (χ1n) is 11.5. The Balaban J connectivity index is 1.10. The molecule has 1 aromatic heterocycles. The molecule has 1 saturated heterocycles. The van der Waals surface area contributed by atoms with Crippen LogP contribution in [-0.2, 0) is 6.42 Å². The van der Waals surface area contributed by atoms with Crippen molar-refractivity contribution in [1.82, 2.24) is 4.90 Å². The molecule has 2 aliphatic heterocycles. The maximum absolute atomic E-state index is 12.1. The average molecular weight is 451 g/mol. The third-order valence-corrected chi connectivity index (χ3v) is 7.60. The number of fused-ring (bicyclic) bond motifs is 2. The van der Waals surface area contributed by atoms with Crippen LogP contribution in [0.1, 0.15) is 18.4 Å². The zero-order valence-corrected chi connectivity index (χ0v) is 19.2. The van der Waals surface area contributed by atoms with E-state index in [0.29, 0.717) is 6.54 Å². The number of nitrogens with zero attached hydrogens (tertiary/aromatic N) is 3. The molecule has 0 aliphatic carbocycles. The number of primary amides is 1. The number of carbonyl (C=O) groups excluding carboxylic acids is 1. The van der Waals surface area contributed by atoms with E-state index in [1.54, 1.807) is 16.2 Å². The van der Waals surface area contributed by atoms with Crippen molar-refractivity contribution < 1.29 is 9.53 Å². The molecule has 2 amide bonds. The number of amides is 2. The minimum Gasteiger partial charge on any atom is -0.491 e. The molecule has 1 fully saturated rings. The highest BCUT2D eigenvalue weighted by atomic mass is 32.1. The van der Waals surface area contributed by atoms with Crippen LogP contribution in [0.15, 0.2) is 48.5 Å². The van der Waals surface area contributed by atoms with Crippen molar-refractivity contribution in [3.63, 3.8) is 0 Å². The van der Waals surface area contributed by atoms with Gasteiger partial charge in [-0.25, -0.2) is 4.79 Å². The summed E-state index contributed by atoms with van der Waals surface area (Å²) < 4.78 is 7.07. The Labute approximate surface area is 193 Å². The highest BCUT2D eigenvalue weighted by Gasteiger charge is 2.23. The SMILES string of the molecule is NC(=O)N(CCCCN1CCN(c2cccc3c2OCC3)CC1)c1cc2ccccc2s1. The van der Waals surface area contributed by atoms with E-state index in [9.17, 15) is 4.79 Å². The number of nitrogens with two attached hydrogens (primary N) is 1. The lowest BCUT2D eigenvalue weighted by Crippen LogP contribution is -2.46. The number of benzene rings is 2. The molecule has 0 unspecified atom stereocenters. The summed E-state index contributed by atoms with van der Waals surface area (Å²) in [5, 5.41) is 2.09. The second kappa shape index (κ2) is 9.38. The average Bonchev–Trinajstić information content (AvgIpc) is 3.46. The number of carbonyl (C=O) groups is 1. The standard InChI is InChI=1S/C25H30N4O2S/c26-25(30)29(23-18-20-6-1-2-9-22(20)32-23)12-4-3-11-27-13-15-28(16-14-27)21-8-5-7-19-10-17-31-24(19)21/h1-2,5-9,18H,3-4,10-17H2,(H2,26,30). The molecule has 3 heterocycles. The van der Waals surface area contributed by atoms with Crippen molar-refractivity contribution in [1.29, 1.82) is 0 Å². The van der Waals surface area contributed by atoms with E-state index < -0.39 is 0 Å². The Morgan fingerprint density at radius 1 is 1.06 bits per heavy atom. The van der Waals surface area contributed by atoms with Gasteiger partial charge in [0, 0.05) is 43.8 Å². The highest BCUT2D eigenvalue weighted by molar-refractivity contribution is 7.23. The molecule has 168 valence electrons. The van der Waals surface area contributed by atoms with Gasteiger partial charge in [0.05, 0.1) is 12.3 Å². The van der Waals surface area contributed by atoms with E-state index in [1.807, 2.05) is 12.1 Å². The number of anilines is 2. The van der Waals surface area contributed by atoms with Crippen molar-refractivity contribution in [3.8, 4) is 5.75 Å². The predicted molar refractivity (Wildman–Crippen MR) is 132 cm³/mol. The maximum atomic E-state index is 12.1. The van der Waals surface area contributed by atoms with Crippen LogP contribution in [-0.4, -0.2) is 56.8 Å². The highest BCUT2D eigenvalue weighted by Crippen LogP contribution is 2.36. The topological polar surface area (TPSA) is 62.0 Å². The molecule has 6 nitrogen and oxygen atoms in total. The predicted octanol–water partition coefficient (Wildman–Crippen LogP) is 4.32. The van der Waals surface area contributed by atoms with E-state index in [4.69, 9.17) is 10.5 Å². The minimum atomic E-state index is -0.372. The number of para-hydroxylation sites is 1. The molecule has 0 spiro atoms. The second-order valence-electron chi connectivity index (χ2n) is 8.51. The number of hydrogen-bond donors (Lipinski definition) is 1. The molecule has 0 saturated carbocycles. The van der Waals surface area contributed by atoms with E-state index in [0.717, 1.165) is 74.7 Å². The van der Waals surface area contributed by atoms with Crippen LogP contribution in [0.5, 0.6) is 5.75 Å². The molecule has 5 rings (SSSR count). The monoisotopic (exact) mass is 450 g/mol. The van der Waals surface area contributed by atoms with Crippen molar-refractivity contribution >= 4 is 38.1 Å². The molecule has 7 heteroatoms. The Hall–Kier alpha value is -2.77. The van der Waals surface area contributed by atoms with Gasteiger partial charge in [-0.1, -0.05) is 30.3 Å². The summed E-state index contributed by atoms with van der Waals surface area (Å²) >= 11 is 1.63. The van der Waals surface area contributed by atoms with Gasteiger partial charge in [-0.3, -0.25) is 9.80 Å². The summed E-state index contributed by atoms with van der Waals surface area (Å²) in [6.45, 7) is 6.67. The Kier molecular flexibility index (Phi) is 6.19. The molecule has 3 aromatic rings. The molecule has 0 atom stereocenters. The zero-order valence-electron chi connectivity index (χ0n) is 18.3. The van der Waals surface area contributed by atoms with Crippen molar-refractivity contribution in [2.45, 2.75) is 19.3 Å². The maximum Gasteiger partial charge on any atom is 0.319 e. The van der Waals surface area contributed by atoms with E-state index >= 15 is 0 Å². The first-order valence-corrected chi connectivity index (χ1v) is 12.3. The third-order valence-electron chi connectivity index (χ3n) is 6.46. The summed E-state index contributed by atoms with van der Waals surface area (Å²) in [5.74, 6) is 1.09. The fraction of sp³-hybridized carbons (Fsp3) is 0.400. The van der Waals surface area contributed by atoms with Gasteiger partial charge in [-0.15, -0.1) is 11.3 Å². The third kappa shape index (κ3) is 4.40. The van der Waals surface area contributed by atoms with Gasteiger partial charge in [0.25, 0.3) is 0 Å². The molecule has 32 heavy (non-hydrogen) atoms. The number of rotatable bonds is 7. The fourth-order valence-electron chi connectivity index (χ4n) is 4.69. The summed E-state index contributed by atoms with van der Waals surface area (Å²) in [5.41, 5.74) is 8.28. The van der Waals surface area contributed by atoms with Crippen LogP contribution in [0.4, 0.5) is 15.5 Å². The number of hydrogen-bond acceptors (Lipinski definition) is 5. The largest absolute Gasteiger partial charge is 0.491 e. The molecular weight excluding hydrogens is 420 g/mol. The first kappa shape index (κ1) is 21.1. The lowest BCUT2D eigenvalue weighted by Gasteiger charge is -2.36. The van der Waals surface area contributed by atoms with Gasteiger partial charge in [-0.05, 0) is 48.5 Å². The number of unbranched alkanes of at least 4 members (excludes halogenated alkanes) is 1. The Morgan fingerprint density at radius 3 is 2.72 bits per heavy atom. The number of thiophene rings is 1. The van der Waals surface area contributed by atoms with Crippen molar-refractivity contribution in [2.75, 3.05) is 55.7 Å². The smallest absolute Gasteiger partial charge is 0.319 e. The number of urea groups is 1. The van der Waals surface area contributed by atoms with E-state index in [1.165, 1.54) is 16.0 Å². The minimum absolute atomic E-state index is 0.372. The van der Waals surface area contributed by atoms with Crippen molar-refractivity contribution in [2.24, 2.45) is 5.73 Å². The van der Waals surface area contributed by atoms with Crippen LogP contribution in [0.25, 0.3) is 10.1 Å². The van der Waals surface area contributed by atoms with Gasteiger partial charge in [-0.2, -0.15) is 0 Å². The van der Waals surface area contributed by atoms with Crippen molar-refractivity contribution in [3.05, 3.63) is 54.1 Å². The van der Waals surface area contributed by atoms with Gasteiger partial charge < -0.3 is 15.4 Å². The molecule has 2 N–H and O–H groups in total. The van der Waals surface area contributed by atoms with Crippen LogP contribution >= 0.6 is 11.3 Å². The number of ether oxygens (including phenoxy) is 1. The van der Waals surface area contributed by atoms with Crippen LogP contribution < -0.4 is 20.3 Å². The molecule has 0 radical (unpaired) electrons. The van der Waals surface area contributed by atoms with Gasteiger partial charge in [0.15, 0.2) is 0 Å². The summed E-state index contributed by atoms with van der Waals surface area (Å²) in [7, 11) is 0. The lowest BCUT2D eigenvalue weighted by molar-refractivity contribution is 0.248. The van der Waals surface area contributed by atoms with E-state index in [2.05, 4.69) is 46.2 Å². The molecular formula is C25H30N4O2S. The van der Waals surface area contributed by atoms with Crippen LogP contribution in [0.3, 0.4) is 0 Å². The Morgan fingerprint density at radius 2 is 1.91 bits per heavy atom. The zero-order chi connectivity index (χ0) is 21.9. The molecule has 2 aliphatic rings.